The number of aromatic nitrogens is 2. The average Bonchev–Trinajstić information content (AvgIpc) is 3.05. The van der Waals surface area contributed by atoms with Crippen molar-refractivity contribution in [3.05, 3.63) is 48.3 Å². The molecule has 0 bridgehead atoms. The molecule has 0 aliphatic rings. The number of hydrogen-bond donors (Lipinski definition) is 2. The number of halogens is 2. The smallest absolute Gasteiger partial charge is 0.191 e. The molecule has 1 heterocycles. The summed E-state index contributed by atoms with van der Waals surface area (Å²) < 4.78 is 15.9. The van der Waals surface area contributed by atoms with Gasteiger partial charge in [-0.05, 0) is 30.5 Å². The Morgan fingerprint density at radius 3 is 2.62 bits per heavy atom. The molecule has 0 radical (unpaired) electrons. The summed E-state index contributed by atoms with van der Waals surface area (Å²) in [4.78, 5) is 8.13. The van der Waals surface area contributed by atoms with Crippen molar-refractivity contribution in [3.63, 3.8) is 0 Å². The zero-order chi connectivity index (χ0) is 16.8. The first-order valence-electron chi connectivity index (χ1n) is 7.75. The topological polar surface area (TPSA) is 54.2 Å². The van der Waals surface area contributed by atoms with Gasteiger partial charge in [0.05, 0.1) is 12.0 Å². The Morgan fingerprint density at radius 2 is 2.08 bits per heavy atom. The molecule has 2 aromatic rings. The lowest BCUT2D eigenvalue weighted by atomic mass is 10.1. The minimum absolute atomic E-state index is 0. The van der Waals surface area contributed by atoms with E-state index in [4.69, 9.17) is 0 Å². The third kappa shape index (κ3) is 5.47. The predicted molar refractivity (Wildman–Crippen MR) is 107 cm³/mol. The second-order valence-corrected chi connectivity index (χ2v) is 5.86. The zero-order valence-electron chi connectivity index (χ0n) is 14.5. The van der Waals surface area contributed by atoms with Crippen LogP contribution in [0.5, 0.6) is 0 Å². The molecule has 1 aromatic carbocycles. The quantitative estimate of drug-likeness (QED) is 0.422. The lowest BCUT2D eigenvalue weighted by molar-refractivity contribution is 0.481. The molecule has 5 nitrogen and oxygen atoms in total. The highest BCUT2D eigenvalue weighted by Gasteiger charge is 2.09. The molecular formula is C17H25FIN5. The summed E-state index contributed by atoms with van der Waals surface area (Å²) in [5, 5.41) is 6.52. The van der Waals surface area contributed by atoms with Crippen LogP contribution in [0.3, 0.4) is 0 Å². The van der Waals surface area contributed by atoms with Crippen molar-refractivity contribution in [2.75, 3.05) is 7.05 Å². The van der Waals surface area contributed by atoms with Gasteiger partial charge in [-0.25, -0.2) is 9.37 Å². The van der Waals surface area contributed by atoms with Crippen LogP contribution in [0.1, 0.15) is 26.3 Å². The summed E-state index contributed by atoms with van der Waals surface area (Å²) in [7, 11) is 1.73. The molecule has 0 aliphatic heterocycles. The molecule has 0 saturated carbocycles. The second-order valence-electron chi connectivity index (χ2n) is 5.86. The van der Waals surface area contributed by atoms with Crippen molar-refractivity contribution in [3.8, 4) is 5.69 Å². The molecule has 0 aliphatic carbocycles. The number of nitrogens with one attached hydrogen (secondary N) is 2. The van der Waals surface area contributed by atoms with E-state index in [1.54, 1.807) is 36.4 Å². The Labute approximate surface area is 159 Å². The SMILES string of the molecule is CN=C(NCc1ccc(-n2ccnc2)c(F)c1)NC(C)C(C)C.I. The normalized spacial score (nSPS) is 12.7. The van der Waals surface area contributed by atoms with Gasteiger partial charge in [-0.15, -0.1) is 24.0 Å². The highest BCUT2D eigenvalue weighted by Crippen LogP contribution is 2.14. The Kier molecular flexibility index (Phi) is 8.17. The van der Waals surface area contributed by atoms with E-state index in [0.717, 1.165) is 5.56 Å². The van der Waals surface area contributed by atoms with E-state index in [1.165, 1.54) is 6.07 Å². The average molecular weight is 445 g/mol. The molecule has 2 N–H and O–H groups in total. The Bertz CT molecular complexity index is 655. The van der Waals surface area contributed by atoms with Gasteiger partial charge >= 0.3 is 0 Å². The Balaban J connectivity index is 0.00000288. The van der Waals surface area contributed by atoms with Crippen LogP contribution in [0.2, 0.25) is 0 Å². The van der Waals surface area contributed by atoms with Gasteiger partial charge in [0.15, 0.2) is 5.96 Å². The molecule has 0 saturated heterocycles. The van der Waals surface area contributed by atoms with Gasteiger partial charge in [-0.1, -0.05) is 19.9 Å². The maximum atomic E-state index is 14.2. The lowest BCUT2D eigenvalue weighted by Gasteiger charge is -2.20. The summed E-state index contributed by atoms with van der Waals surface area (Å²) >= 11 is 0. The van der Waals surface area contributed by atoms with Crippen molar-refractivity contribution in [2.24, 2.45) is 10.9 Å². The minimum Gasteiger partial charge on any atom is -0.354 e. The molecule has 1 aromatic heterocycles. The number of hydrogen-bond acceptors (Lipinski definition) is 2. The van der Waals surface area contributed by atoms with Crippen molar-refractivity contribution >= 4 is 29.9 Å². The standard InChI is InChI=1S/C17H24FN5.HI/c1-12(2)13(3)22-17(19-4)21-10-14-5-6-16(15(18)9-14)23-8-7-20-11-23;/h5-9,11-13H,10H2,1-4H3,(H2,19,21,22);1H. The number of nitrogens with zero attached hydrogens (tertiary/aromatic N) is 3. The van der Waals surface area contributed by atoms with Crippen LogP contribution < -0.4 is 10.6 Å². The summed E-state index contributed by atoms with van der Waals surface area (Å²) in [5.74, 6) is 0.937. The third-order valence-electron chi connectivity index (χ3n) is 3.84. The van der Waals surface area contributed by atoms with Crippen molar-refractivity contribution in [1.82, 2.24) is 20.2 Å². The second kappa shape index (κ2) is 9.61. The fraction of sp³-hybridized carbons (Fsp3) is 0.412. The first-order valence-corrected chi connectivity index (χ1v) is 7.75. The van der Waals surface area contributed by atoms with E-state index in [-0.39, 0.29) is 29.8 Å². The van der Waals surface area contributed by atoms with Crippen LogP contribution in [-0.4, -0.2) is 28.6 Å². The molecule has 24 heavy (non-hydrogen) atoms. The van der Waals surface area contributed by atoms with E-state index in [1.807, 2.05) is 6.07 Å². The highest BCUT2D eigenvalue weighted by atomic mass is 127. The Morgan fingerprint density at radius 1 is 1.33 bits per heavy atom. The van der Waals surface area contributed by atoms with Crippen LogP contribution >= 0.6 is 24.0 Å². The molecule has 2 rings (SSSR count). The monoisotopic (exact) mass is 445 g/mol. The van der Waals surface area contributed by atoms with E-state index >= 15 is 0 Å². The van der Waals surface area contributed by atoms with Gasteiger partial charge in [0.1, 0.15) is 5.82 Å². The van der Waals surface area contributed by atoms with Crippen molar-refractivity contribution in [1.29, 1.82) is 0 Å². The minimum atomic E-state index is -0.277. The summed E-state index contributed by atoms with van der Waals surface area (Å²) in [6.45, 7) is 6.91. The number of aliphatic imine (C=N–C) groups is 1. The van der Waals surface area contributed by atoms with Gasteiger partial charge in [0.25, 0.3) is 0 Å². The first kappa shape index (κ1) is 20.4. The number of imidazole rings is 1. The van der Waals surface area contributed by atoms with Crippen molar-refractivity contribution in [2.45, 2.75) is 33.4 Å². The largest absolute Gasteiger partial charge is 0.354 e. The van der Waals surface area contributed by atoms with Crippen LogP contribution in [0.15, 0.2) is 41.9 Å². The lowest BCUT2D eigenvalue weighted by Crippen LogP contribution is -2.43. The first-order chi connectivity index (χ1) is 11.0. The van der Waals surface area contributed by atoms with Crippen LogP contribution in [0.4, 0.5) is 4.39 Å². The number of guanidine groups is 1. The molecule has 1 atom stereocenters. The van der Waals surface area contributed by atoms with Gasteiger partial charge in [0, 0.05) is 32.0 Å². The summed E-state index contributed by atoms with van der Waals surface area (Å²) in [6, 6.07) is 5.48. The maximum absolute atomic E-state index is 14.2. The number of rotatable bonds is 5. The van der Waals surface area contributed by atoms with E-state index in [2.05, 4.69) is 41.4 Å². The summed E-state index contributed by atoms with van der Waals surface area (Å²) in [6.07, 6.45) is 4.92. The molecule has 0 spiro atoms. The maximum Gasteiger partial charge on any atom is 0.191 e. The predicted octanol–water partition coefficient (Wildman–Crippen LogP) is 3.34. The highest BCUT2D eigenvalue weighted by molar-refractivity contribution is 14.0. The fourth-order valence-corrected chi connectivity index (χ4v) is 2.03. The molecule has 7 heteroatoms. The van der Waals surface area contributed by atoms with Gasteiger partial charge < -0.3 is 15.2 Å². The van der Waals surface area contributed by atoms with Gasteiger partial charge in [-0.2, -0.15) is 0 Å². The molecular weight excluding hydrogens is 420 g/mol. The van der Waals surface area contributed by atoms with Crippen LogP contribution in [0.25, 0.3) is 5.69 Å². The van der Waals surface area contributed by atoms with E-state index in [0.29, 0.717) is 30.2 Å². The third-order valence-corrected chi connectivity index (χ3v) is 3.84. The molecule has 0 fully saturated rings. The van der Waals surface area contributed by atoms with Gasteiger partial charge in [0.2, 0.25) is 0 Å². The van der Waals surface area contributed by atoms with Crippen LogP contribution in [0, 0.1) is 11.7 Å². The molecule has 0 amide bonds. The number of benzene rings is 1. The molecule has 132 valence electrons. The van der Waals surface area contributed by atoms with Crippen molar-refractivity contribution < 1.29 is 4.39 Å². The van der Waals surface area contributed by atoms with Gasteiger partial charge in [-0.3, -0.25) is 4.99 Å². The van der Waals surface area contributed by atoms with Crippen LogP contribution in [-0.2, 0) is 6.54 Å². The van der Waals surface area contributed by atoms with E-state index < -0.39 is 0 Å². The Hall–Kier alpha value is -1.64. The fourth-order valence-electron chi connectivity index (χ4n) is 2.03. The molecule has 1 unspecified atom stereocenters. The summed E-state index contributed by atoms with van der Waals surface area (Å²) in [5.41, 5.74) is 1.34. The zero-order valence-corrected chi connectivity index (χ0v) is 16.8. The van der Waals surface area contributed by atoms with E-state index in [9.17, 15) is 4.39 Å².